The Bertz CT molecular complexity index is 903. The fraction of sp³-hybridized carbons (Fsp3) is 0.476. The van der Waals surface area contributed by atoms with Gasteiger partial charge in [-0.25, -0.2) is 18.7 Å². The van der Waals surface area contributed by atoms with Crippen molar-refractivity contribution in [3.8, 4) is 11.5 Å². The predicted octanol–water partition coefficient (Wildman–Crippen LogP) is 3.03. The summed E-state index contributed by atoms with van der Waals surface area (Å²) in [6, 6.07) is 3.74. The van der Waals surface area contributed by atoms with Crippen LogP contribution in [-0.2, 0) is 0 Å². The number of carbonyl (C=O) groups is 1. The van der Waals surface area contributed by atoms with E-state index in [1.165, 1.54) is 24.7 Å². The number of aromatic nitrogens is 2. The van der Waals surface area contributed by atoms with Gasteiger partial charge in [-0.3, -0.25) is 4.79 Å². The fourth-order valence-corrected chi connectivity index (χ4v) is 3.61. The molecule has 0 bridgehead atoms. The van der Waals surface area contributed by atoms with Gasteiger partial charge in [-0.1, -0.05) is 0 Å². The van der Waals surface area contributed by atoms with Crippen molar-refractivity contribution >= 4 is 11.7 Å². The molecule has 0 atom stereocenters. The molecule has 1 fully saturated rings. The molecule has 1 aliphatic heterocycles. The summed E-state index contributed by atoms with van der Waals surface area (Å²) in [7, 11) is 1.70. The molecule has 3 rings (SSSR count). The highest BCUT2D eigenvalue weighted by atomic mass is 19.1. The van der Waals surface area contributed by atoms with Gasteiger partial charge in [-0.2, -0.15) is 0 Å². The van der Waals surface area contributed by atoms with Crippen molar-refractivity contribution in [1.82, 2.24) is 20.2 Å². The van der Waals surface area contributed by atoms with Gasteiger partial charge in [-0.15, -0.1) is 0 Å². The van der Waals surface area contributed by atoms with Crippen LogP contribution in [0.4, 0.5) is 14.6 Å². The normalized spacial score (nSPS) is 15.1. The van der Waals surface area contributed by atoms with Crippen molar-refractivity contribution in [2.75, 3.05) is 38.1 Å². The monoisotopic (exact) mass is 419 g/mol. The van der Waals surface area contributed by atoms with Gasteiger partial charge >= 0.3 is 0 Å². The SMILES string of the molecule is CCN(C(=O)c1cc(F)ccc1Oc1cncnc1N1CC(F)(CNC)C1)C(C)C. The van der Waals surface area contributed by atoms with E-state index in [0.717, 1.165) is 6.07 Å². The van der Waals surface area contributed by atoms with Crippen molar-refractivity contribution < 1.29 is 18.3 Å². The Balaban J connectivity index is 1.89. The van der Waals surface area contributed by atoms with Gasteiger partial charge in [0.05, 0.1) is 24.8 Å². The smallest absolute Gasteiger partial charge is 0.257 e. The van der Waals surface area contributed by atoms with Crippen LogP contribution in [0.2, 0.25) is 0 Å². The molecule has 1 aromatic heterocycles. The Morgan fingerprint density at radius 3 is 2.73 bits per heavy atom. The zero-order valence-corrected chi connectivity index (χ0v) is 17.7. The first-order valence-electron chi connectivity index (χ1n) is 9.95. The highest BCUT2D eigenvalue weighted by molar-refractivity contribution is 5.97. The first-order chi connectivity index (χ1) is 14.3. The topological polar surface area (TPSA) is 70.6 Å². The molecule has 1 aliphatic rings. The average molecular weight is 419 g/mol. The number of hydrogen-bond donors (Lipinski definition) is 1. The molecule has 0 aliphatic carbocycles. The zero-order chi connectivity index (χ0) is 21.9. The van der Waals surface area contributed by atoms with Crippen molar-refractivity contribution in [3.63, 3.8) is 0 Å². The van der Waals surface area contributed by atoms with Crippen LogP contribution < -0.4 is 15.0 Å². The van der Waals surface area contributed by atoms with Gasteiger partial charge in [0.25, 0.3) is 5.91 Å². The summed E-state index contributed by atoms with van der Waals surface area (Å²) < 4.78 is 34.4. The first kappa shape index (κ1) is 21.9. The standard InChI is InChI=1S/C21H27F2N5O2/c1-5-28(14(2)3)20(29)16-8-15(22)6-7-17(16)30-18-9-25-13-26-19(18)27-11-21(23,12-27)10-24-4/h6-9,13-14,24H,5,10-12H2,1-4H3. The Morgan fingerprint density at radius 1 is 1.37 bits per heavy atom. The summed E-state index contributed by atoms with van der Waals surface area (Å²) >= 11 is 0. The Morgan fingerprint density at radius 2 is 2.10 bits per heavy atom. The minimum Gasteiger partial charge on any atom is -0.451 e. The summed E-state index contributed by atoms with van der Waals surface area (Å²) in [5, 5.41) is 2.84. The lowest BCUT2D eigenvalue weighted by Crippen LogP contribution is -2.63. The third-order valence-electron chi connectivity index (χ3n) is 5.02. The van der Waals surface area contributed by atoms with Crippen LogP contribution in [0.3, 0.4) is 0 Å². The summed E-state index contributed by atoms with van der Waals surface area (Å²) in [6.45, 7) is 6.68. The molecule has 1 aromatic carbocycles. The van der Waals surface area contributed by atoms with E-state index in [9.17, 15) is 13.6 Å². The highest BCUT2D eigenvalue weighted by Gasteiger charge is 2.44. The van der Waals surface area contributed by atoms with E-state index in [1.807, 2.05) is 20.8 Å². The second kappa shape index (κ2) is 8.91. The van der Waals surface area contributed by atoms with Crippen LogP contribution >= 0.6 is 0 Å². The Labute approximate surface area is 175 Å². The number of nitrogens with zero attached hydrogens (tertiary/aromatic N) is 4. The first-order valence-corrected chi connectivity index (χ1v) is 9.95. The van der Waals surface area contributed by atoms with Crippen molar-refractivity contribution in [2.45, 2.75) is 32.5 Å². The number of alkyl halides is 1. The van der Waals surface area contributed by atoms with Gasteiger partial charge < -0.3 is 19.9 Å². The third kappa shape index (κ3) is 4.51. The molecule has 0 radical (unpaired) electrons. The van der Waals surface area contributed by atoms with E-state index < -0.39 is 11.5 Å². The van der Waals surface area contributed by atoms with Gasteiger partial charge in [0.1, 0.15) is 17.9 Å². The lowest BCUT2D eigenvalue weighted by molar-refractivity contribution is 0.0713. The van der Waals surface area contributed by atoms with E-state index in [1.54, 1.807) is 16.8 Å². The van der Waals surface area contributed by atoms with Crippen molar-refractivity contribution in [2.24, 2.45) is 0 Å². The lowest BCUT2D eigenvalue weighted by Gasteiger charge is -2.45. The van der Waals surface area contributed by atoms with E-state index >= 15 is 0 Å². The summed E-state index contributed by atoms with van der Waals surface area (Å²) in [4.78, 5) is 24.6. The quantitative estimate of drug-likeness (QED) is 0.709. The van der Waals surface area contributed by atoms with Gasteiger partial charge in [0.15, 0.2) is 17.2 Å². The maximum absolute atomic E-state index is 14.5. The predicted molar refractivity (Wildman–Crippen MR) is 110 cm³/mol. The second-order valence-electron chi connectivity index (χ2n) is 7.68. The van der Waals surface area contributed by atoms with E-state index in [-0.39, 0.29) is 48.6 Å². The molecule has 7 nitrogen and oxygen atoms in total. The van der Waals surface area contributed by atoms with Crippen LogP contribution in [0, 0.1) is 5.82 Å². The molecule has 30 heavy (non-hydrogen) atoms. The van der Waals surface area contributed by atoms with Crippen LogP contribution in [-0.4, -0.2) is 65.7 Å². The van der Waals surface area contributed by atoms with Crippen molar-refractivity contribution in [1.29, 1.82) is 0 Å². The molecule has 1 amide bonds. The molecule has 1 saturated heterocycles. The molecule has 0 saturated carbocycles. The molecule has 2 aromatic rings. The zero-order valence-electron chi connectivity index (χ0n) is 17.7. The average Bonchev–Trinajstić information content (AvgIpc) is 2.68. The highest BCUT2D eigenvalue weighted by Crippen LogP contribution is 2.37. The van der Waals surface area contributed by atoms with Crippen LogP contribution in [0.5, 0.6) is 11.5 Å². The second-order valence-corrected chi connectivity index (χ2v) is 7.68. The third-order valence-corrected chi connectivity index (χ3v) is 5.02. The van der Waals surface area contributed by atoms with E-state index in [0.29, 0.717) is 12.4 Å². The van der Waals surface area contributed by atoms with Gasteiger partial charge in [-0.05, 0) is 46.0 Å². The Hall–Kier alpha value is -2.81. The Kier molecular flexibility index (Phi) is 6.50. The van der Waals surface area contributed by atoms with Crippen LogP contribution in [0.25, 0.3) is 0 Å². The lowest BCUT2D eigenvalue weighted by atomic mass is 9.96. The van der Waals surface area contributed by atoms with Crippen molar-refractivity contribution in [3.05, 3.63) is 42.1 Å². The van der Waals surface area contributed by atoms with Crippen LogP contribution in [0.15, 0.2) is 30.7 Å². The molecular formula is C21H27F2N5O2. The van der Waals surface area contributed by atoms with Crippen LogP contribution in [0.1, 0.15) is 31.1 Å². The number of carbonyl (C=O) groups excluding carboxylic acids is 1. The molecule has 9 heteroatoms. The van der Waals surface area contributed by atoms with E-state index in [4.69, 9.17) is 4.74 Å². The number of amides is 1. The molecule has 0 unspecified atom stereocenters. The van der Waals surface area contributed by atoms with Gasteiger partial charge in [0.2, 0.25) is 0 Å². The molecule has 0 spiro atoms. The number of halogens is 2. The summed E-state index contributed by atoms with van der Waals surface area (Å²) in [5.74, 6) is 0.0255. The number of hydrogen-bond acceptors (Lipinski definition) is 6. The molecule has 162 valence electrons. The number of rotatable bonds is 8. The van der Waals surface area contributed by atoms with Gasteiger partial charge in [0, 0.05) is 19.1 Å². The largest absolute Gasteiger partial charge is 0.451 e. The number of ether oxygens (including phenoxy) is 1. The number of nitrogens with one attached hydrogen (secondary N) is 1. The molecular weight excluding hydrogens is 392 g/mol. The summed E-state index contributed by atoms with van der Waals surface area (Å²) in [5.41, 5.74) is -1.23. The molecule has 1 N–H and O–H groups in total. The number of benzene rings is 1. The fourth-order valence-electron chi connectivity index (χ4n) is 3.61. The van der Waals surface area contributed by atoms with E-state index in [2.05, 4.69) is 15.3 Å². The minimum atomic E-state index is -1.34. The maximum Gasteiger partial charge on any atom is 0.257 e. The minimum absolute atomic E-state index is 0.0554. The number of anilines is 1. The maximum atomic E-state index is 14.5. The summed E-state index contributed by atoms with van der Waals surface area (Å²) in [6.07, 6.45) is 2.81. The molecule has 2 heterocycles.